The summed E-state index contributed by atoms with van der Waals surface area (Å²) in [5.74, 6) is 0.143. The SMILES string of the molecule is CC(C)Oc1cc(NS(=O)(=O)c2ccc([N+](=O)[O-])cc2)ccc1NS(C)(=O)=O. The Hall–Kier alpha value is -2.86. The fourth-order valence-corrected chi connectivity index (χ4v) is 3.80. The van der Waals surface area contributed by atoms with Gasteiger partial charge in [0.15, 0.2) is 0 Å². The van der Waals surface area contributed by atoms with E-state index >= 15 is 0 Å². The molecule has 0 saturated carbocycles. The second-order valence-electron chi connectivity index (χ2n) is 6.11. The molecule has 0 aliphatic heterocycles. The molecular formula is C16H19N3O7S2. The Labute approximate surface area is 162 Å². The van der Waals surface area contributed by atoms with Gasteiger partial charge in [-0.15, -0.1) is 0 Å². The Morgan fingerprint density at radius 1 is 1.00 bits per heavy atom. The Morgan fingerprint density at radius 3 is 2.11 bits per heavy atom. The zero-order valence-electron chi connectivity index (χ0n) is 15.2. The van der Waals surface area contributed by atoms with E-state index in [4.69, 9.17) is 4.74 Å². The van der Waals surface area contributed by atoms with Crippen LogP contribution in [0.1, 0.15) is 13.8 Å². The van der Waals surface area contributed by atoms with Crippen LogP contribution in [0, 0.1) is 10.1 Å². The molecule has 0 heterocycles. The Balaban J connectivity index is 2.35. The highest BCUT2D eigenvalue weighted by atomic mass is 32.2. The van der Waals surface area contributed by atoms with E-state index in [2.05, 4.69) is 9.44 Å². The lowest BCUT2D eigenvalue weighted by Gasteiger charge is -2.17. The van der Waals surface area contributed by atoms with Crippen molar-refractivity contribution in [3.8, 4) is 5.75 Å². The molecular weight excluding hydrogens is 410 g/mol. The molecule has 2 aromatic carbocycles. The van der Waals surface area contributed by atoms with Gasteiger partial charge in [0.25, 0.3) is 15.7 Å². The van der Waals surface area contributed by atoms with Crippen LogP contribution < -0.4 is 14.2 Å². The summed E-state index contributed by atoms with van der Waals surface area (Å²) in [6.45, 7) is 3.47. The minimum absolute atomic E-state index is 0.132. The first kappa shape index (κ1) is 21.4. The van der Waals surface area contributed by atoms with Crippen molar-refractivity contribution in [2.45, 2.75) is 24.8 Å². The van der Waals surface area contributed by atoms with Gasteiger partial charge in [-0.1, -0.05) is 0 Å². The standard InChI is InChI=1S/C16H19N3O7S2/c1-11(2)26-16-10-12(4-9-15(16)18-27(3,22)23)17-28(24,25)14-7-5-13(6-8-14)19(20)21/h4-11,17-18H,1-3H3. The van der Waals surface area contributed by atoms with Gasteiger partial charge in [-0.2, -0.15) is 0 Å². The molecule has 0 atom stereocenters. The molecule has 0 fully saturated rings. The average Bonchev–Trinajstić information content (AvgIpc) is 2.55. The molecule has 10 nitrogen and oxygen atoms in total. The quantitative estimate of drug-likeness (QED) is 0.484. The fraction of sp³-hybridized carbons (Fsp3) is 0.250. The molecule has 0 bridgehead atoms. The predicted octanol–water partition coefficient (Wildman–Crippen LogP) is 2.55. The maximum absolute atomic E-state index is 12.5. The number of benzene rings is 2. The van der Waals surface area contributed by atoms with Gasteiger partial charge in [0.2, 0.25) is 10.0 Å². The fourth-order valence-electron chi connectivity index (χ4n) is 2.18. The molecule has 2 N–H and O–H groups in total. The van der Waals surface area contributed by atoms with Crippen LogP contribution in [-0.4, -0.2) is 34.1 Å². The smallest absolute Gasteiger partial charge is 0.269 e. The number of anilines is 2. The monoisotopic (exact) mass is 429 g/mol. The normalized spacial score (nSPS) is 11.9. The van der Waals surface area contributed by atoms with Gasteiger partial charge in [0.1, 0.15) is 5.75 Å². The summed E-state index contributed by atoms with van der Waals surface area (Å²) in [6.07, 6.45) is 0.693. The third kappa shape index (κ3) is 5.82. The van der Waals surface area contributed by atoms with Crippen molar-refractivity contribution in [1.29, 1.82) is 0 Å². The van der Waals surface area contributed by atoms with E-state index in [0.717, 1.165) is 30.5 Å². The van der Waals surface area contributed by atoms with E-state index < -0.39 is 25.0 Å². The summed E-state index contributed by atoms with van der Waals surface area (Å²) in [4.78, 5) is 9.89. The van der Waals surface area contributed by atoms with E-state index in [1.54, 1.807) is 13.8 Å². The Kier molecular flexibility index (Phi) is 6.14. The van der Waals surface area contributed by atoms with Crippen molar-refractivity contribution in [2.24, 2.45) is 0 Å². The van der Waals surface area contributed by atoms with Gasteiger partial charge in [0.05, 0.1) is 33.6 Å². The van der Waals surface area contributed by atoms with Crippen LogP contribution >= 0.6 is 0 Å². The van der Waals surface area contributed by atoms with Crippen LogP contribution in [0.25, 0.3) is 0 Å². The van der Waals surface area contributed by atoms with Crippen molar-refractivity contribution in [1.82, 2.24) is 0 Å². The number of nitrogens with one attached hydrogen (secondary N) is 2. The molecule has 0 amide bonds. The first-order valence-electron chi connectivity index (χ1n) is 7.93. The minimum Gasteiger partial charge on any atom is -0.489 e. The Bertz CT molecular complexity index is 1080. The van der Waals surface area contributed by atoms with Gasteiger partial charge in [-0.25, -0.2) is 16.8 Å². The van der Waals surface area contributed by atoms with Crippen molar-refractivity contribution in [2.75, 3.05) is 15.7 Å². The molecule has 12 heteroatoms. The van der Waals surface area contributed by atoms with E-state index in [1.807, 2.05) is 0 Å². The summed E-state index contributed by atoms with van der Waals surface area (Å²) in [5.41, 5.74) is 0.0605. The van der Waals surface area contributed by atoms with Crippen molar-refractivity contribution in [3.63, 3.8) is 0 Å². The molecule has 0 aliphatic carbocycles. The maximum atomic E-state index is 12.5. The summed E-state index contributed by atoms with van der Waals surface area (Å²) >= 11 is 0. The van der Waals surface area contributed by atoms with Crippen LogP contribution in [0.3, 0.4) is 0 Å². The summed E-state index contributed by atoms with van der Waals surface area (Å²) in [7, 11) is -7.58. The molecule has 0 radical (unpaired) electrons. The van der Waals surface area contributed by atoms with Crippen LogP contribution in [0.2, 0.25) is 0 Å². The molecule has 28 heavy (non-hydrogen) atoms. The van der Waals surface area contributed by atoms with Crippen molar-refractivity contribution >= 4 is 37.1 Å². The van der Waals surface area contributed by atoms with E-state index in [9.17, 15) is 26.9 Å². The lowest BCUT2D eigenvalue weighted by Crippen LogP contribution is -2.15. The molecule has 0 aromatic heterocycles. The van der Waals surface area contributed by atoms with Gasteiger partial charge in [-0.05, 0) is 38.1 Å². The number of hydrogen-bond acceptors (Lipinski definition) is 7. The molecule has 2 rings (SSSR count). The number of nitro groups is 1. The third-order valence-electron chi connectivity index (χ3n) is 3.25. The number of sulfonamides is 2. The van der Waals surface area contributed by atoms with Gasteiger partial charge in [-0.3, -0.25) is 19.6 Å². The molecule has 0 spiro atoms. The topological polar surface area (TPSA) is 145 Å². The summed E-state index contributed by atoms with van der Waals surface area (Å²) < 4.78 is 58.2. The van der Waals surface area contributed by atoms with Crippen LogP contribution in [0.15, 0.2) is 47.4 Å². The van der Waals surface area contributed by atoms with Gasteiger partial charge < -0.3 is 4.74 Å². The van der Waals surface area contributed by atoms with Gasteiger partial charge in [0, 0.05) is 18.2 Å². The second kappa shape index (κ2) is 8.02. The average molecular weight is 429 g/mol. The zero-order chi connectivity index (χ0) is 21.1. The highest BCUT2D eigenvalue weighted by Gasteiger charge is 2.18. The second-order valence-corrected chi connectivity index (χ2v) is 9.54. The number of nitrogens with zero attached hydrogens (tertiary/aromatic N) is 1. The lowest BCUT2D eigenvalue weighted by atomic mass is 10.2. The molecule has 0 saturated heterocycles. The van der Waals surface area contributed by atoms with Crippen LogP contribution in [0.5, 0.6) is 5.75 Å². The highest BCUT2D eigenvalue weighted by molar-refractivity contribution is 7.92. The first-order valence-corrected chi connectivity index (χ1v) is 11.3. The number of ether oxygens (including phenoxy) is 1. The predicted molar refractivity (Wildman–Crippen MR) is 105 cm³/mol. The van der Waals surface area contributed by atoms with Crippen LogP contribution in [0.4, 0.5) is 17.1 Å². The number of non-ortho nitro benzene ring substituents is 1. The summed E-state index contributed by atoms with van der Waals surface area (Å²) in [5, 5.41) is 10.7. The highest BCUT2D eigenvalue weighted by Crippen LogP contribution is 2.31. The van der Waals surface area contributed by atoms with E-state index in [0.29, 0.717) is 0 Å². The van der Waals surface area contributed by atoms with E-state index in [-0.39, 0.29) is 33.8 Å². The first-order chi connectivity index (χ1) is 12.9. The lowest BCUT2D eigenvalue weighted by molar-refractivity contribution is -0.384. The number of nitro benzene ring substituents is 1. The third-order valence-corrected chi connectivity index (χ3v) is 5.24. The summed E-state index contributed by atoms with van der Waals surface area (Å²) in [6, 6.07) is 8.48. The van der Waals surface area contributed by atoms with Crippen molar-refractivity contribution < 1.29 is 26.5 Å². The largest absolute Gasteiger partial charge is 0.489 e. The molecule has 0 unspecified atom stereocenters. The molecule has 0 aliphatic rings. The Morgan fingerprint density at radius 2 is 1.61 bits per heavy atom. The van der Waals surface area contributed by atoms with Gasteiger partial charge >= 0.3 is 0 Å². The maximum Gasteiger partial charge on any atom is 0.269 e. The molecule has 2 aromatic rings. The minimum atomic E-state index is -4.02. The number of hydrogen-bond donors (Lipinski definition) is 2. The van der Waals surface area contributed by atoms with E-state index in [1.165, 1.54) is 18.2 Å². The zero-order valence-corrected chi connectivity index (χ0v) is 16.9. The van der Waals surface area contributed by atoms with Crippen molar-refractivity contribution in [3.05, 3.63) is 52.6 Å². The molecule has 152 valence electrons. The van der Waals surface area contributed by atoms with Crippen LogP contribution in [-0.2, 0) is 20.0 Å². The number of rotatable bonds is 8.